The first kappa shape index (κ1) is 14.6. The van der Waals surface area contributed by atoms with Gasteiger partial charge in [-0.2, -0.15) is 4.68 Å². The number of fused-ring (bicyclic) bond motifs is 1. The molecule has 7 nitrogen and oxygen atoms in total. The number of rotatable bonds is 3. The van der Waals surface area contributed by atoms with Crippen LogP contribution in [0.1, 0.15) is 18.7 Å². The van der Waals surface area contributed by atoms with E-state index in [4.69, 9.17) is 4.74 Å². The second kappa shape index (κ2) is 5.90. The first-order chi connectivity index (χ1) is 11.2. The summed E-state index contributed by atoms with van der Waals surface area (Å²) in [6.07, 6.45) is 1.21. The summed E-state index contributed by atoms with van der Waals surface area (Å²) in [4.78, 5) is 0. The molecule has 2 fully saturated rings. The maximum absolute atomic E-state index is 10.3. The highest BCUT2D eigenvalue weighted by Gasteiger charge is 2.39. The fourth-order valence-electron chi connectivity index (χ4n) is 3.69. The Morgan fingerprint density at radius 3 is 2.61 bits per heavy atom. The summed E-state index contributed by atoms with van der Waals surface area (Å²) < 4.78 is 7.71. The molecule has 1 aliphatic heterocycles. The van der Waals surface area contributed by atoms with Crippen LogP contribution in [0, 0.1) is 18.8 Å². The van der Waals surface area contributed by atoms with Gasteiger partial charge in [0.1, 0.15) is 11.9 Å². The van der Waals surface area contributed by atoms with Crippen LogP contribution in [0.3, 0.4) is 0 Å². The molecule has 2 aromatic rings. The molecule has 1 saturated carbocycles. The topological polar surface area (TPSA) is 85.1 Å². The highest BCUT2D eigenvalue weighted by atomic mass is 16.5. The van der Waals surface area contributed by atoms with E-state index in [-0.39, 0.29) is 6.10 Å². The van der Waals surface area contributed by atoms with Crippen LogP contribution in [-0.2, 0) is 0 Å². The number of aliphatic hydroxyl groups is 1. The van der Waals surface area contributed by atoms with Crippen molar-refractivity contribution in [1.82, 2.24) is 25.5 Å². The van der Waals surface area contributed by atoms with E-state index < -0.39 is 6.10 Å². The highest BCUT2D eigenvalue weighted by Crippen LogP contribution is 2.34. The third-order valence-electron chi connectivity index (χ3n) is 4.98. The molecule has 0 bridgehead atoms. The summed E-state index contributed by atoms with van der Waals surface area (Å²) in [5.74, 6) is 2.72. The van der Waals surface area contributed by atoms with Gasteiger partial charge in [0, 0.05) is 0 Å². The SMILES string of the molecule is Cc1nnnn1-c1ccc(O[C@@H]2C[C@@H]3CNC[C@@H]3C[C@H]2O)cc1. The van der Waals surface area contributed by atoms with Gasteiger partial charge in [0.05, 0.1) is 11.8 Å². The van der Waals surface area contributed by atoms with E-state index in [9.17, 15) is 5.11 Å². The minimum absolute atomic E-state index is 0.128. The fraction of sp³-hybridized carbons (Fsp3) is 0.562. The number of nitrogens with zero attached hydrogens (tertiary/aromatic N) is 4. The molecule has 2 heterocycles. The summed E-state index contributed by atoms with van der Waals surface area (Å²) in [5.41, 5.74) is 0.893. The zero-order chi connectivity index (χ0) is 15.8. The Labute approximate surface area is 134 Å². The molecule has 23 heavy (non-hydrogen) atoms. The minimum Gasteiger partial charge on any atom is -0.488 e. The number of aromatic nitrogens is 4. The first-order valence-electron chi connectivity index (χ1n) is 8.11. The number of aliphatic hydroxyl groups excluding tert-OH is 1. The van der Waals surface area contributed by atoms with Crippen molar-refractivity contribution in [1.29, 1.82) is 0 Å². The van der Waals surface area contributed by atoms with Crippen molar-refractivity contribution in [2.75, 3.05) is 13.1 Å². The maximum Gasteiger partial charge on any atom is 0.153 e. The number of aryl methyl sites for hydroxylation is 1. The van der Waals surface area contributed by atoms with Gasteiger partial charge in [0.15, 0.2) is 5.82 Å². The van der Waals surface area contributed by atoms with Crippen LogP contribution in [0.2, 0.25) is 0 Å². The number of nitrogens with one attached hydrogen (secondary N) is 1. The van der Waals surface area contributed by atoms with Gasteiger partial charge in [-0.05, 0) is 79.4 Å². The van der Waals surface area contributed by atoms with Gasteiger partial charge in [-0.1, -0.05) is 0 Å². The third kappa shape index (κ3) is 2.82. The van der Waals surface area contributed by atoms with Gasteiger partial charge >= 0.3 is 0 Å². The molecule has 7 heteroatoms. The van der Waals surface area contributed by atoms with Crippen molar-refractivity contribution in [3.8, 4) is 11.4 Å². The molecule has 2 aliphatic rings. The molecule has 1 aromatic heterocycles. The Balaban J connectivity index is 1.45. The Morgan fingerprint density at radius 2 is 1.91 bits per heavy atom. The van der Waals surface area contributed by atoms with E-state index in [0.717, 1.165) is 43.2 Å². The highest BCUT2D eigenvalue weighted by molar-refractivity contribution is 5.37. The molecule has 4 rings (SSSR count). The molecule has 122 valence electrons. The smallest absolute Gasteiger partial charge is 0.153 e. The summed E-state index contributed by atoms with van der Waals surface area (Å²) in [5, 5.41) is 25.2. The fourth-order valence-corrected chi connectivity index (χ4v) is 3.69. The number of benzene rings is 1. The van der Waals surface area contributed by atoms with Crippen LogP contribution >= 0.6 is 0 Å². The quantitative estimate of drug-likeness (QED) is 0.868. The number of tetrazole rings is 1. The van der Waals surface area contributed by atoms with E-state index in [1.54, 1.807) is 4.68 Å². The molecule has 2 N–H and O–H groups in total. The van der Waals surface area contributed by atoms with Crippen LogP contribution in [0.5, 0.6) is 5.75 Å². The molecular formula is C16H21N5O2. The predicted molar refractivity (Wildman–Crippen MR) is 83.4 cm³/mol. The van der Waals surface area contributed by atoms with E-state index in [1.807, 2.05) is 31.2 Å². The molecular weight excluding hydrogens is 294 g/mol. The lowest BCUT2D eigenvalue weighted by atomic mass is 9.78. The van der Waals surface area contributed by atoms with E-state index in [2.05, 4.69) is 20.8 Å². The third-order valence-corrected chi connectivity index (χ3v) is 4.98. The Hall–Kier alpha value is -1.99. The normalized spacial score (nSPS) is 30.2. The number of hydrogen-bond acceptors (Lipinski definition) is 6. The summed E-state index contributed by atoms with van der Waals surface area (Å²) >= 11 is 0. The minimum atomic E-state index is -0.391. The molecule has 0 amide bonds. The Bertz CT molecular complexity index is 671. The van der Waals surface area contributed by atoms with Gasteiger partial charge in [-0.25, -0.2) is 0 Å². The van der Waals surface area contributed by atoms with Crippen molar-refractivity contribution in [2.45, 2.75) is 32.0 Å². The zero-order valence-electron chi connectivity index (χ0n) is 13.1. The zero-order valence-corrected chi connectivity index (χ0v) is 13.1. The molecule has 1 aromatic carbocycles. The van der Waals surface area contributed by atoms with Gasteiger partial charge in [-0.3, -0.25) is 0 Å². The molecule has 0 unspecified atom stereocenters. The molecule has 1 saturated heterocycles. The summed E-state index contributed by atoms with van der Waals surface area (Å²) in [7, 11) is 0. The van der Waals surface area contributed by atoms with Crippen LogP contribution < -0.4 is 10.1 Å². The van der Waals surface area contributed by atoms with E-state index in [1.165, 1.54) is 0 Å². The van der Waals surface area contributed by atoms with Crippen molar-refractivity contribution < 1.29 is 9.84 Å². The summed E-state index contributed by atoms with van der Waals surface area (Å²) in [6, 6.07) is 7.66. The average molecular weight is 315 g/mol. The van der Waals surface area contributed by atoms with Crippen molar-refractivity contribution in [3.63, 3.8) is 0 Å². The van der Waals surface area contributed by atoms with Crippen molar-refractivity contribution in [3.05, 3.63) is 30.1 Å². The van der Waals surface area contributed by atoms with Gasteiger partial charge < -0.3 is 15.2 Å². The first-order valence-corrected chi connectivity index (χ1v) is 8.11. The average Bonchev–Trinajstić information content (AvgIpc) is 3.17. The summed E-state index contributed by atoms with van der Waals surface area (Å²) in [6.45, 7) is 3.91. The lowest BCUT2D eigenvalue weighted by Gasteiger charge is -2.35. The lowest BCUT2D eigenvalue weighted by Crippen LogP contribution is -2.42. The predicted octanol–water partition coefficient (Wildman–Crippen LogP) is 0.708. The largest absolute Gasteiger partial charge is 0.488 e. The number of hydrogen-bond donors (Lipinski definition) is 2. The van der Waals surface area contributed by atoms with Crippen LogP contribution in [0.25, 0.3) is 5.69 Å². The molecule has 1 aliphatic carbocycles. The van der Waals surface area contributed by atoms with Crippen LogP contribution in [0.4, 0.5) is 0 Å². The van der Waals surface area contributed by atoms with Crippen LogP contribution in [-0.4, -0.2) is 50.6 Å². The van der Waals surface area contributed by atoms with Crippen molar-refractivity contribution in [2.24, 2.45) is 11.8 Å². The maximum atomic E-state index is 10.3. The van der Waals surface area contributed by atoms with Gasteiger partial charge in [0.25, 0.3) is 0 Å². The Morgan fingerprint density at radius 1 is 1.17 bits per heavy atom. The second-order valence-electron chi connectivity index (χ2n) is 6.51. The van der Waals surface area contributed by atoms with Gasteiger partial charge in [0.2, 0.25) is 0 Å². The molecule has 4 atom stereocenters. The standard InChI is InChI=1S/C16H21N5O2/c1-10-18-19-20-21(10)13-2-4-14(5-3-13)23-16-7-12-9-17-8-11(12)6-15(16)22/h2-5,11-12,15-17,22H,6-9H2,1H3/t11-,12+,15+,16+/m0/s1. The molecule has 0 spiro atoms. The van der Waals surface area contributed by atoms with E-state index in [0.29, 0.717) is 11.8 Å². The van der Waals surface area contributed by atoms with E-state index >= 15 is 0 Å². The Kier molecular flexibility index (Phi) is 3.74. The molecule has 0 radical (unpaired) electrons. The number of ether oxygens (including phenoxy) is 1. The van der Waals surface area contributed by atoms with Gasteiger partial charge in [-0.15, -0.1) is 5.10 Å². The monoisotopic (exact) mass is 315 g/mol. The van der Waals surface area contributed by atoms with Crippen molar-refractivity contribution >= 4 is 0 Å². The lowest BCUT2D eigenvalue weighted by molar-refractivity contribution is -0.0231. The second-order valence-corrected chi connectivity index (χ2v) is 6.51. The van der Waals surface area contributed by atoms with Crippen LogP contribution in [0.15, 0.2) is 24.3 Å².